The summed E-state index contributed by atoms with van der Waals surface area (Å²) in [6.07, 6.45) is 16.4. The summed E-state index contributed by atoms with van der Waals surface area (Å²) >= 11 is 0. The smallest absolute Gasteiger partial charge is 0.288 e. The zero-order valence-electron chi connectivity index (χ0n) is 21.1. The Hall–Kier alpha value is -0.380. The SMILES string of the molecule is C=CCC.CCCCCCCCC(CCC)(CCC)C(OCC)(OCC)OCC. The van der Waals surface area contributed by atoms with Gasteiger partial charge in [0.1, 0.15) is 0 Å². The van der Waals surface area contributed by atoms with Gasteiger partial charge in [-0.05, 0) is 46.5 Å². The number of hydrogen-bond acceptors (Lipinski definition) is 3. The van der Waals surface area contributed by atoms with Crippen LogP contribution in [0.3, 0.4) is 0 Å². The highest BCUT2D eigenvalue weighted by Crippen LogP contribution is 2.49. The molecule has 3 nitrogen and oxygen atoms in total. The van der Waals surface area contributed by atoms with E-state index in [1.165, 1.54) is 38.5 Å². The minimum atomic E-state index is -0.888. The van der Waals surface area contributed by atoms with E-state index in [0.717, 1.165) is 38.5 Å². The number of ether oxygens (including phenoxy) is 3. The Labute approximate surface area is 184 Å². The molecule has 0 aliphatic heterocycles. The van der Waals surface area contributed by atoms with Crippen molar-refractivity contribution in [1.82, 2.24) is 0 Å². The molecule has 176 valence electrons. The number of rotatable bonds is 19. The summed E-state index contributed by atoms with van der Waals surface area (Å²) in [7, 11) is 0. The highest BCUT2D eigenvalue weighted by Gasteiger charge is 2.53. The molecule has 0 saturated carbocycles. The van der Waals surface area contributed by atoms with E-state index in [-0.39, 0.29) is 5.41 Å². The van der Waals surface area contributed by atoms with Crippen LogP contribution in [0.2, 0.25) is 0 Å². The van der Waals surface area contributed by atoms with E-state index in [9.17, 15) is 0 Å². The molecule has 0 aromatic heterocycles. The van der Waals surface area contributed by atoms with E-state index >= 15 is 0 Å². The minimum Gasteiger partial charge on any atom is -0.327 e. The fourth-order valence-corrected chi connectivity index (χ4v) is 4.19. The van der Waals surface area contributed by atoms with Crippen molar-refractivity contribution in [3.8, 4) is 0 Å². The molecule has 0 unspecified atom stereocenters. The van der Waals surface area contributed by atoms with Gasteiger partial charge in [-0.25, -0.2) is 0 Å². The third-order valence-corrected chi connectivity index (χ3v) is 5.41. The third-order valence-electron chi connectivity index (χ3n) is 5.41. The number of unbranched alkanes of at least 4 members (excludes halogenated alkanes) is 5. The van der Waals surface area contributed by atoms with Crippen molar-refractivity contribution in [3.63, 3.8) is 0 Å². The molecule has 3 heteroatoms. The third kappa shape index (κ3) is 12.2. The lowest BCUT2D eigenvalue weighted by atomic mass is 9.72. The molecule has 0 aliphatic rings. The number of hydrogen-bond donors (Lipinski definition) is 0. The van der Waals surface area contributed by atoms with Crippen molar-refractivity contribution in [2.45, 2.75) is 131 Å². The van der Waals surface area contributed by atoms with Gasteiger partial charge in [-0.2, -0.15) is 0 Å². The molecule has 0 aromatic rings. The van der Waals surface area contributed by atoms with Gasteiger partial charge in [-0.15, -0.1) is 6.58 Å². The zero-order valence-corrected chi connectivity index (χ0v) is 21.1. The predicted molar refractivity (Wildman–Crippen MR) is 128 cm³/mol. The van der Waals surface area contributed by atoms with Gasteiger partial charge in [0.15, 0.2) is 0 Å². The van der Waals surface area contributed by atoms with E-state index in [2.05, 4.69) is 34.3 Å². The summed E-state index contributed by atoms with van der Waals surface area (Å²) < 4.78 is 18.7. The Kier molecular flexibility index (Phi) is 22.2. The van der Waals surface area contributed by atoms with Crippen LogP contribution in [0, 0.1) is 5.41 Å². The molecule has 0 aliphatic carbocycles. The molecular weight excluding hydrogens is 360 g/mol. The van der Waals surface area contributed by atoms with Gasteiger partial charge >= 0.3 is 0 Å². The van der Waals surface area contributed by atoms with Gasteiger partial charge in [0.2, 0.25) is 0 Å². The quantitative estimate of drug-likeness (QED) is 0.120. The van der Waals surface area contributed by atoms with Crippen LogP contribution in [0.25, 0.3) is 0 Å². The van der Waals surface area contributed by atoms with Crippen LogP contribution < -0.4 is 0 Å². The number of allylic oxidation sites excluding steroid dienone is 1. The summed E-state index contributed by atoms with van der Waals surface area (Å²) in [5.74, 6) is -0.888. The summed E-state index contributed by atoms with van der Waals surface area (Å²) in [6, 6.07) is 0. The van der Waals surface area contributed by atoms with Crippen LogP contribution >= 0.6 is 0 Å². The van der Waals surface area contributed by atoms with Crippen LogP contribution in [-0.2, 0) is 14.2 Å². The van der Waals surface area contributed by atoms with Gasteiger partial charge in [0, 0.05) is 19.8 Å². The van der Waals surface area contributed by atoms with Crippen LogP contribution in [0.4, 0.5) is 0 Å². The summed E-state index contributed by atoms with van der Waals surface area (Å²) in [4.78, 5) is 0. The maximum atomic E-state index is 6.23. The Balaban J connectivity index is 0. The molecule has 0 fully saturated rings. The van der Waals surface area contributed by atoms with Crippen molar-refractivity contribution in [2.24, 2.45) is 5.41 Å². The van der Waals surface area contributed by atoms with Crippen molar-refractivity contribution in [3.05, 3.63) is 12.7 Å². The zero-order chi connectivity index (χ0) is 22.4. The molecule has 0 aromatic carbocycles. The van der Waals surface area contributed by atoms with Crippen LogP contribution in [0.1, 0.15) is 126 Å². The average molecular weight is 415 g/mol. The van der Waals surface area contributed by atoms with Gasteiger partial charge in [-0.3, -0.25) is 0 Å². The van der Waals surface area contributed by atoms with Gasteiger partial charge in [0.05, 0.1) is 5.41 Å². The van der Waals surface area contributed by atoms with Crippen LogP contribution in [0.15, 0.2) is 12.7 Å². The summed E-state index contributed by atoms with van der Waals surface area (Å²) in [5.41, 5.74) is -0.0523. The first-order valence-corrected chi connectivity index (χ1v) is 12.6. The normalized spacial score (nSPS) is 11.8. The molecule has 0 radical (unpaired) electrons. The summed E-state index contributed by atoms with van der Waals surface area (Å²) in [6.45, 7) is 20.3. The van der Waals surface area contributed by atoms with Crippen molar-refractivity contribution < 1.29 is 14.2 Å². The Morgan fingerprint density at radius 2 is 1.00 bits per heavy atom. The maximum Gasteiger partial charge on any atom is 0.288 e. The molecule has 0 atom stereocenters. The highest BCUT2D eigenvalue weighted by atomic mass is 16.9. The van der Waals surface area contributed by atoms with E-state index < -0.39 is 5.97 Å². The Morgan fingerprint density at radius 3 is 1.34 bits per heavy atom. The molecule has 0 N–H and O–H groups in total. The first-order valence-electron chi connectivity index (χ1n) is 12.6. The van der Waals surface area contributed by atoms with Gasteiger partial charge < -0.3 is 14.2 Å². The standard InChI is InChI=1S/C22H46O3.C4H8/c1-7-13-14-15-16-17-20-21(18-8-2,19-9-3)22(23-10-4,24-11-5)25-12-6;1-3-4-2/h7-20H2,1-6H3;3H,1,4H2,2H3. The van der Waals surface area contributed by atoms with Crippen LogP contribution in [0.5, 0.6) is 0 Å². The van der Waals surface area contributed by atoms with E-state index in [0.29, 0.717) is 19.8 Å². The molecule has 0 rings (SSSR count). The second-order valence-corrected chi connectivity index (χ2v) is 7.85. The lowest BCUT2D eigenvalue weighted by Crippen LogP contribution is -2.55. The van der Waals surface area contributed by atoms with E-state index in [1.54, 1.807) is 0 Å². The molecular formula is C26H54O3. The lowest BCUT2D eigenvalue weighted by Gasteiger charge is -2.49. The summed E-state index contributed by atoms with van der Waals surface area (Å²) in [5, 5.41) is 0. The largest absolute Gasteiger partial charge is 0.327 e. The first kappa shape index (κ1) is 30.8. The fourth-order valence-electron chi connectivity index (χ4n) is 4.19. The molecule has 0 amide bonds. The monoisotopic (exact) mass is 414 g/mol. The molecule has 0 bridgehead atoms. The molecule has 29 heavy (non-hydrogen) atoms. The van der Waals surface area contributed by atoms with Crippen LogP contribution in [-0.4, -0.2) is 25.8 Å². The predicted octanol–water partition coefficient (Wildman–Crippen LogP) is 8.67. The average Bonchev–Trinajstić information content (AvgIpc) is 2.71. The van der Waals surface area contributed by atoms with Gasteiger partial charge in [-0.1, -0.05) is 85.1 Å². The Morgan fingerprint density at radius 1 is 0.586 bits per heavy atom. The van der Waals surface area contributed by atoms with E-state index in [1.807, 2.05) is 26.8 Å². The fraction of sp³-hybridized carbons (Fsp3) is 0.923. The Bertz CT molecular complexity index is 318. The van der Waals surface area contributed by atoms with Crippen molar-refractivity contribution in [2.75, 3.05) is 19.8 Å². The first-order chi connectivity index (χ1) is 14.0. The topological polar surface area (TPSA) is 27.7 Å². The lowest BCUT2D eigenvalue weighted by molar-refractivity contribution is -0.431. The minimum absolute atomic E-state index is 0.0523. The molecule has 0 heterocycles. The molecule has 0 saturated heterocycles. The highest BCUT2D eigenvalue weighted by molar-refractivity contribution is 4.89. The van der Waals surface area contributed by atoms with Gasteiger partial charge in [0.25, 0.3) is 5.97 Å². The van der Waals surface area contributed by atoms with E-state index in [4.69, 9.17) is 14.2 Å². The maximum absolute atomic E-state index is 6.23. The molecule has 0 spiro atoms. The second-order valence-electron chi connectivity index (χ2n) is 7.85. The second kappa shape index (κ2) is 20.9. The van der Waals surface area contributed by atoms with Crippen molar-refractivity contribution >= 4 is 0 Å². The van der Waals surface area contributed by atoms with Crippen molar-refractivity contribution in [1.29, 1.82) is 0 Å².